The van der Waals surface area contributed by atoms with Gasteiger partial charge in [0.1, 0.15) is 10.6 Å². The zero-order valence-electron chi connectivity index (χ0n) is 10.3. The third-order valence-corrected chi connectivity index (χ3v) is 4.34. The number of hydrogen-bond donors (Lipinski definition) is 3. The Bertz CT molecular complexity index is 454. The molecule has 0 aliphatic heterocycles. The molecule has 1 aliphatic rings. The monoisotopic (exact) mass is 270 g/mol. The quantitative estimate of drug-likeness (QED) is 0.741. The molecule has 1 saturated carbocycles. The summed E-state index contributed by atoms with van der Waals surface area (Å²) in [6.45, 7) is 0.467. The van der Waals surface area contributed by atoms with Gasteiger partial charge < -0.3 is 21.5 Å². The van der Waals surface area contributed by atoms with Crippen molar-refractivity contribution in [3.8, 4) is 0 Å². The minimum absolute atomic E-state index is 0.160. The highest BCUT2D eigenvalue weighted by molar-refractivity contribution is 7.11. The predicted molar refractivity (Wildman–Crippen MR) is 71.7 cm³/mol. The lowest BCUT2D eigenvalue weighted by Crippen LogP contribution is -2.39. The normalized spacial score (nSPS) is 17.9. The van der Waals surface area contributed by atoms with Crippen molar-refractivity contribution in [3.63, 3.8) is 0 Å². The second-order valence-electron chi connectivity index (χ2n) is 4.90. The molecule has 1 fully saturated rings. The molecular formula is C11H18N4O2S. The zero-order chi connectivity index (χ0) is 13.3. The van der Waals surface area contributed by atoms with Crippen LogP contribution in [-0.2, 0) is 0 Å². The molecule has 0 atom stereocenters. The highest BCUT2D eigenvalue weighted by Crippen LogP contribution is 2.34. The van der Waals surface area contributed by atoms with Crippen LogP contribution in [0.5, 0.6) is 0 Å². The molecule has 2 rings (SSSR count). The molecule has 7 heteroatoms. The second kappa shape index (κ2) is 4.74. The molecule has 1 heterocycles. The minimum atomic E-state index is -0.678. The maximum absolute atomic E-state index is 11.3. The predicted octanol–water partition coefficient (Wildman–Crippen LogP) is 0.565. The van der Waals surface area contributed by atoms with E-state index < -0.39 is 11.5 Å². The van der Waals surface area contributed by atoms with E-state index in [9.17, 15) is 9.90 Å². The number of rotatable bonds is 4. The Morgan fingerprint density at radius 3 is 2.72 bits per heavy atom. The van der Waals surface area contributed by atoms with Gasteiger partial charge in [-0.3, -0.25) is 4.79 Å². The van der Waals surface area contributed by atoms with E-state index in [0.29, 0.717) is 11.5 Å². The summed E-state index contributed by atoms with van der Waals surface area (Å²) in [5.41, 5.74) is 10.5. The lowest BCUT2D eigenvalue weighted by molar-refractivity contribution is 0.0560. The number of likely N-dealkylation sites (N-methyl/N-ethyl adjacent to an activating group) is 1. The van der Waals surface area contributed by atoms with Crippen molar-refractivity contribution in [3.05, 3.63) is 5.56 Å². The van der Waals surface area contributed by atoms with Crippen molar-refractivity contribution in [2.75, 3.05) is 24.2 Å². The Labute approximate surface area is 110 Å². The second-order valence-corrected chi connectivity index (χ2v) is 5.65. The number of aromatic nitrogens is 1. The Morgan fingerprint density at radius 2 is 2.17 bits per heavy atom. The number of aliphatic hydroxyl groups is 1. The number of hydrogen-bond acceptors (Lipinski definition) is 6. The van der Waals surface area contributed by atoms with Gasteiger partial charge >= 0.3 is 0 Å². The molecule has 0 saturated heterocycles. The van der Waals surface area contributed by atoms with Crippen LogP contribution < -0.4 is 16.4 Å². The van der Waals surface area contributed by atoms with Crippen LogP contribution in [0.4, 0.5) is 10.8 Å². The fraction of sp³-hybridized carbons (Fsp3) is 0.636. The van der Waals surface area contributed by atoms with Crippen LogP contribution in [0.25, 0.3) is 0 Å². The summed E-state index contributed by atoms with van der Waals surface area (Å²) in [7, 11) is 1.82. The van der Waals surface area contributed by atoms with Crippen LogP contribution in [0, 0.1) is 0 Å². The molecule has 5 N–H and O–H groups in total. The molecular weight excluding hydrogens is 252 g/mol. The van der Waals surface area contributed by atoms with Crippen LogP contribution in [0.3, 0.4) is 0 Å². The number of nitrogens with zero attached hydrogens (tertiary/aromatic N) is 2. The number of nitrogen functional groups attached to an aromatic ring is 1. The molecule has 6 nitrogen and oxygen atoms in total. The first-order valence-corrected chi connectivity index (χ1v) is 6.69. The van der Waals surface area contributed by atoms with Crippen molar-refractivity contribution in [2.45, 2.75) is 31.3 Å². The summed E-state index contributed by atoms with van der Waals surface area (Å²) in [5, 5.41) is 11.0. The fourth-order valence-electron chi connectivity index (χ4n) is 2.49. The van der Waals surface area contributed by atoms with Gasteiger partial charge in [0.25, 0.3) is 5.91 Å². The van der Waals surface area contributed by atoms with Crippen LogP contribution in [-0.4, -0.2) is 34.6 Å². The molecule has 100 valence electrons. The van der Waals surface area contributed by atoms with E-state index in [-0.39, 0.29) is 11.4 Å². The van der Waals surface area contributed by atoms with Crippen LogP contribution in [0.2, 0.25) is 0 Å². The molecule has 0 bridgehead atoms. The first-order valence-electron chi connectivity index (χ1n) is 5.91. The maximum Gasteiger partial charge on any atom is 0.255 e. The first kappa shape index (κ1) is 13.1. The Kier molecular flexibility index (Phi) is 3.45. The number of nitrogens with two attached hydrogens (primary N) is 2. The highest BCUT2D eigenvalue weighted by Gasteiger charge is 2.33. The number of anilines is 2. The number of carbonyl (C=O) groups excluding carboxylic acids is 1. The molecule has 0 radical (unpaired) electrons. The summed E-state index contributed by atoms with van der Waals surface area (Å²) in [4.78, 5) is 13.2. The molecule has 18 heavy (non-hydrogen) atoms. The Balaban J connectivity index is 2.18. The van der Waals surface area contributed by atoms with E-state index in [2.05, 4.69) is 4.37 Å². The van der Waals surface area contributed by atoms with Gasteiger partial charge in [0.2, 0.25) is 0 Å². The molecule has 1 aromatic heterocycles. The van der Waals surface area contributed by atoms with Crippen molar-refractivity contribution >= 4 is 28.3 Å². The van der Waals surface area contributed by atoms with E-state index in [1.165, 1.54) is 0 Å². The van der Waals surface area contributed by atoms with E-state index >= 15 is 0 Å². The topological polar surface area (TPSA) is 105 Å². The molecule has 0 spiro atoms. The average molecular weight is 270 g/mol. The molecule has 1 aliphatic carbocycles. The van der Waals surface area contributed by atoms with Gasteiger partial charge in [-0.15, -0.1) is 0 Å². The number of primary amides is 1. The van der Waals surface area contributed by atoms with E-state index in [1.807, 2.05) is 11.9 Å². The number of carbonyl (C=O) groups is 1. The van der Waals surface area contributed by atoms with Crippen molar-refractivity contribution < 1.29 is 9.90 Å². The van der Waals surface area contributed by atoms with Crippen LogP contribution >= 0.6 is 11.5 Å². The van der Waals surface area contributed by atoms with Gasteiger partial charge in [-0.05, 0) is 24.4 Å². The standard InChI is InChI=1S/C11H18N4O2S/c1-15(6-11(17)4-2-3-5-11)10-7(9(13)16)8(12)14-18-10/h17H,2-6H2,1H3,(H2,12,14)(H2,13,16). The summed E-state index contributed by atoms with van der Waals surface area (Å²) < 4.78 is 3.95. The van der Waals surface area contributed by atoms with Crippen molar-refractivity contribution in [1.82, 2.24) is 4.37 Å². The molecule has 0 aromatic carbocycles. The smallest absolute Gasteiger partial charge is 0.255 e. The van der Waals surface area contributed by atoms with E-state index in [0.717, 1.165) is 37.2 Å². The summed E-state index contributed by atoms with van der Waals surface area (Å²) >= 11 is 1.13. The molecule has 1 aromatic rings. The van der Waals surface area contributed by atoms with E-state index in [4.69, 9.17) is 11.5 Å². The van der Waals surface area contributed by atoms with Gasteiger partial charge in [0.05, 0.1) is 5.60 Å². The van der Waals surface area contributed by atoms with E-state index in [1.54, 1.807) is 0 Å². The lowest BCUT2D eigenvalue weighted by atomic mass is 10.0. The molecule has 1 amide bonds. The lowest BCUT2D eigenvalue weighted by Gasteiger charge is -2.29. The Hall–Kier alpha value is -1.34. The third kappa shape index (κ3) is 2.41. The summed E-state index contributed by atoms with van der Waals surface area (Å²) in [5.74, 6) is -0.422. The first-order chi connectivity index (χ1) is 8.43. The van der Waals surface area contributed by atoms with Gasteiger partial charge in [0.15, 0.2) is 5.82 Å². The highest BCUT2D eigenvalue weighted by atomic mass is 32.1. The van der Waals surface area contributed by atoms with Crippen molar-refractivity contribution in [1.29, 1.82) is 0 Å². The fourth-order valence-corrected chi connectivity index (χ4v) is 3.27. The van der Waals surface area contributed by atoms with Gasteiger partial charge in [-0.25, -0.2) is 0 Å². The Morgan fingerprint density at radius 1 is 1.56 bits per heavy atom. The minimum Gasteiger partial charge on any atom is -0.388 e. The summed E-state index contributed by atoms with van der Waals surface area (Å²) in [6.07, 6.45) is 3.66. The maximum atomic E-state index is 11.3. The SMILES string of the molecule is CN(CC1(O)CCCC1)c1snc(N)c1C(N)=O. The molecule has 0 unspecified atom stereocenters. The van der Waals surface area contributed by atoms with Crippen LogP contribution in [0.15, 0.2) is 0 Å². The van der Waals surface area contributed by atoms with Gasteiger partial charge in [0, 0.05) is 13.6 Å². The van der Waals surface area contributed by atoms with Gasteiger partial charge in [-0.2, -0.15) is 4.37 Å². The third-order valence-electron chi connectivity index (χ3n) is 3.36. The number of amides is 1. The zero-order valence-corrected chi connectivity index (χ0v) is 11.2. The largest absolute Gasteiger partial charge is 0.388 e. The summed E-state index contributed by atoms with van der Waals surface area (Å²) in [6, 6.07) is 0. The van der Waals surface area contributed by atoms with Crippen LogP contribution in [0.1, 0.15) is 36.0 Å². The van der Waals surface area contributed by atoms with Gasteiger partial charge in [-0.1, -0.05) is 12.8 Å². The van der Waals surface area contributed by atoms with Crippen molar-refractivity contribution in [2.24, 2.45) is 5.73 Å². The average Bonchev–Trinajstić information content (AvgIpc) is 2.84.